The fraction of sp³-hybridized carbons (Fsp3) is 0.727. The van der Waals surface area contributed by atoms with Crippen LogP contribution in [0.2, 0.25) is 0 Å². The van der Waals surface area contributed by atoms with Gasteiger partial charge < -0.3 is 10.6 Å². The zero-order valence-corrected chi connectivity index (χ0v) is 11.5. The molecular formula is C11H21N3O3S. The third kappa shape index (κ3) is 5.16. The predicted molar refractivity (Wildman–Crippen MR) is 70.6 cm³/mol. The van der Waals surface area contributed by atoms with Gasteiger partial charge in [-0.2, -0.15) is 0 Å². The molecule has 1 saturated heterocycles. The van der Waals surface area contributed by atoms with Crippen molar-refractivity contribution in [2.75, 3.05) is 32.4 Å². The highest BCUT2D eigenvalue weighted by Gasteiger charge is 2.25. The van der Waals surface area contributed by atoms with E-state index >= 15 is 0 Å². The molecule has 1 fully saturated rings. The van der Waals surface area contributed by atoms with Crippen molar-refractivity contribution < 1.29 is 13.2 Å². The maximum atomic E-state index is 11.5. The maximum absolute atomic E-state index is 11.5. The summed E-state index contributed by atoms with van der Waals surface area (Å²) in [7, 11) is -3.10. The number of rotatable bonds is 6. The molecule has 6 nitrogen and oxygen atoms in total. The second kappa shape index (κ2) is 6.86. The molecule has 1 heterocycles. The summed E-state index contributed by atoms with van der Waals surface area (Å²) in [6.45, 7) is 5.36. The third-order valence-corrected chi connectivity index (χ3v) is 4.17. The van der Waals surface area contributed by atoms with Gasteiger partial charge in [0.05, 0.1) is 12.8 Å². The van der Waals surface area contributed by atoms with Gasteiger partial charge in [-0.05, 0) is 12.8 Å². The summed E-state index contributed by atoms with van der Waals surface area (Å²) < 4.78 is 24.1. The Labute approximate surface area is 108 Å². The van der Waals surface area contributed by atoms with E-state index in [9.17, 15) is 13.2 Å². The zero-order chi connectivity index (χ0) is 13.6. The molecule has 7 heteroatoms. The number of sulfonamides is 1. The van der Waals surface area contributed by atoms with Crippen LogP contribution in [0.5, 0.6) is 0 Å². The van der Waals surface area contributed by atoms with Crippen molar-refractivity contribution in [3.8, 4) is 0 Å². The summed E-state index contributed by atoms with van der Waals surface area (Å²) in [5.41, 5.74) is 0. The summed E-state index contributed by atoms with van der Waals surface area (Å²) >= 11 is 0. The van der Waals surface area contributed by atoms with E-state index in [1.54, 1.807) is 6.08 Å². The molecule has 0 aliphatic carbocycles. The Hall–Kier alpha value is -0.920. The van der Waals surface area contributed by atoms with Gasteiger partial charge in [-0.25, -0.2) is 12.7 Å². The van der Waals surface area contributed by atoms with Crippen LogP contribution in [0.25, 0.3) is 0 Å². The second-order valence-electron chi connectivity index (χ2n) is 4.42. The van der Waals surface area contributed by atoms with Crippen molar-refractivity contribution in [3.63, 3.8) is 0 Å². The van der Waals surface area contributed by atoms with Crippen LogP contribution < -0.4 is 10.6 Å². The largest absolute Gasteiger partial charge is 0.352 e. The number of amides is 1. The van der Waals surface area contributed by atoms with Gasteiger partial charge in [-0.15, -0.1) is 6.58 Å². The van der Waals surface area contributed by atoms with E-state index in [1.807, 2.05) is 0 Å². The minimum Gasteiger partial charge on any atom is -0.352 e. The molecule has 1 rings (SSSR count). The average molecular weight is 275 g/mol. The molecule has 1 aliphatic rings. The van der Waals surface area contributed by atoms with Crippen molar-refractivity contribution in [1.82, 2.24) is 14.9 Å². The summed E-state index contributed by atoms with van der Waals surface area (Å²) in [6.07, 6.45) is 4.24. The first kappa shape index (κ1) is 15.1. The number of nitrogens with one attached hydrogen (secondary N) is 2. The minimum atomic E-state index is -3.10. The first-order valence-corrected chi connectivity index (χ1v) is 7.84. The van der Waals surface area contributed by atoms with Crippen molar-refractivity contribution in [2.45, 2.75) is 18.9 Å². The van der Waals surface area contributed by atoms with Crippen molar-refractivity contribution in [3.05, 3.63) is 12.7 Å². The van der Waals surface area contributed by atoms with Gasteiger partial charge in [-0.1, -0.05) is 6.08 Å². The van der Waals surface area contributed by atoms with E-state index in [2.05, 4.69) is 17.2 Å². The minimum absolute atomic E-state index is 0.0605. The molecule has 18 heavy (non-hydrogen) atoms. The third-order valence-electron chi connectivity index (χ3n) is 2.86. The molecule has 2 N–H and O–H groups in total. The van der Waals surface area contributed by atoms with Crippen LogP contribution in [0.4, 0.5) is 0 Å². The molecule has 1 amide bonds. The lowest BCUT2D eigenvalue weighted by atomic mass is 10.1. The molecular weight excluding hydrogens is 254 g/mol. The van der Waals surface area contributed by atoms with Gasteiger partial charge in [-0.3, -0.25) is 4.79 Å². The highest BCUT2D eigenvalue weighted by atomic mass is 32.2. The first-order chi connectivity index (χ1) is 8.43. The maximum Gasteiger partial charge on any atom is 0.234 e. The SMILES string of the molecule is C=CCNCC(=O)NC1CCN(S(C)(=O)=O)CC1. The van der Waals surface area contributed by atoms with E-state index in [1.165, 1.54) is 10.6 Å². The summed E-state index contributed by atoms with van der Waals surface area (Å²) in [6, 6.07) is 0.0704. The first-order valence-electron chi connectivity index (χ1n) is 5.99. The van der Waals surface area contributed by atoms with E-state index in [-0.39, 0.29) is 18.5 Å². The van der Waals surface area contributed by atoms with Crippen LogP contribution in [-0.2, 0) is 14.8 Å². The van der Waals surface area contributed by atoms with Gasteiger partial charge in [0.25, 0.3) is 0 Å². The fourth-order valence-electron chi connectivity index (χ4n) is 1.90. The summed E-state index contributed by atoms with van der Waals surface area (Å²) in [5.74, 6) is -0.0605. The molecule has 0 unspecified atom stereocenters. The van der Waals surface area contributed by atoms with Crippen molar-refractivity contribution >= 4 is 15.9 Å². The number of carbonyl (C=O) groups is 1. The van der Waals surface area contributed by atoms with Gasteiger partial charge in [0.15, 0.2) is 0 Å². The number of piperidine rings is 1. The molecule has 0 aromatic rings. The fourth-order valence-corrected chi connectivity index (χ4v) is 2.77. The van der Waals surface area contributed by atoms with Gasteiger partial charge in [0.2, 0.25) is 15.9 Å². The second-order valence-corrected chi connectivity index (χ2v) is 6.41. The van der Waals surface area contributed by atoms with E-state index < -0.39 is 10.0 Å². The highest BCUT2D eigenvalue weighted by molar-refractivity contribution is 7.88. The molecule has 0 radical (unpaired) electrons. The molecule has 104 valence electrons. The molecule has 0 spiro atoms. The Morgan fingerprint density at radius 3 is 2.56 bits per heavy atom. The van der Waals surface area contributed by atoms with Crippen molar-refractivity contribution in [2.24, 2.45) is 0 Å². The van der Waals surface area contributed by atoms with Crippen LogP contribution in [0.15, 0.2) is 12.7 Å². The Morgan fingerprint density at radius 2 is 2.06 bits per heavy atom. The molecule has 0 aromatic heterocycles. The van der Waals surface area contributed by atoms with Crippen LogP contribution in [0.1, 0.15) is 12.8 Å². The zero-order valence-electron chi connectivity index (χ0n) is 10.7. The molecule has 1 aliphatic heterocycles. The van der Waals surface area contributed by atoms with Crippen LogP contribution in [-0.4, -0.2) is 57.1 Å². The molecule has 0 atom stereocenters. The van der Waals surface area contributed by atoms with Crippen LogP contribution in [0.3, 0.4) is 0 Å². The van der Waals surface area contributed by atoms with Crippen LogP contribution in [0, 0.1) is 0 Å². The monoisotopic (exact) mass is 275 g/mol. The van der Waals surface area contributed by atoms with Crippen LogP contribution >= 0.6 is 0 Å². The number of nitrogens with zero attached hydrogens (tertiary/aromatic N) is 1. The normalized spacial score (nSPS) is 18.5. The van der Waals surface area contributed by atoms with Gasteiger partial charge in [0, 0.05) is 25.7 Å². The lowest BCUT2D eigenvalue weighted by Crippen LogP contribution is -2.48. The smallest absolute Gasteiger partial charge is 0.234 e. The quantitative estimate of drug-likeness (QED) is 0.496. The highest BCUT2D eigenvalue weighted by Crippen LogP contribution is 2.12. The van der Waals surface area contributed by atoms with Gasteiger partial charge in [0.1, 0.15) is 0 Å². The van der Waals surface area contributed by atoms with E-state index in [0.717, 1.165) is 0 Å². The predicted octanol–water partition coefficient (Wildman–Crippen LogP) is -0.698. The molecule has 0 saturated carbocycles. The number of hydrogen-bond donors (Lipinski definition) is 2. The Bertz CT molecular complexity index is 386. The lowest BCUT2D eigenvalue weighted by Gasteiger charge is -2.30. The average Bonchev–Trinajstić information content (AvgIpc) is 2.29. The standard InChI is InChI=1S/C11H21N3O3S/c1-3-6-12-9-11(15)13-10-4-7-14(8-5-10)18(2,16)17/h3,10,12H,1,4-9H2,2H3,(H,13,15). The Morgan fingerprint density at radius 1 is 1.44 bits per heavy atom. The summed E-state index contributed by atoms with van der Waals surface area (Å²) in [4.78, 5) is 11.5. The van der Waals surface area contributed by atoms with E-state index in [4.69, 9.17) is 0 Å². The Kier molecular flexibility index (Phi) is 5.77. The topological polar surface area (TPSA) is 78.5 Å². The Balaban J connectivity index is 2.27. The molecule has 0 aromatic carbocycles. The summed E-state index contributed by atoms with van der Waals surface area (Å²) in [5, 5.41) is 5.81. The number of hydrogen-bond acceptors (Lipinski definition) is 4. The van der Waals surface area contributed by atoms with E-state index in [0.29, 0.717) is 32.5 Å². The van der Waals surface area contributed by atoms with Gasteiger partial charge >= 0.3 is 0 Å². The van der Waals surface area contributed by atoms with Crippen molar-refractivity contribution in [1.29, 1.82) is 0 Å². The molecule has 0 bridgehead atoms. The lowest BCUT2D eigenvalue weighted by molar-refractivity contribution is -0.121. The number of carbonyl (C=O) groups excluding carboxylic acids is 1.